The van der Waals surface area contributed by atoms with E-state index in [-0.39, 0.29) is 5.82 Å². The van der Waals surface area contributed by atoms with Gasteiger partial charge in [-0.2, -0.15) is 0 Å². The standard InChI is InChI=1S/C15H16FN3S/c16-12-7-17-6-5-11(12)15-19-14(9-1-2-9)13(20-15)8-18-10-3-4-10/h5-7,9-10,18H,1-4,8H2. The van der Waals surface area contributed by atoms with Crippen molar-refractivity contribution >= 4 is 11.3 Å². The fourth-order valence-corrected chi connectivity index (χ4v) is 3.48. The molecule has 0 unspecified atom stereocenters. The lowest BCUT2D eigenvalue weighted by molar-refractivity contribution is 0.625. The molecule has 0 aliphatic heterocycles. The Morgan fingerprint density at radius 3 is 2.85 bits per heavy atom. The van der Waals surface area contributed by atoms with Gasteiger partial charge in [0.05, 0.1) is 11.9 Å². The van der Waals surface area contributed by atoms with Crippen molar-refractivity contribution in [1.29, 1.82) is 0 Å². The van der Waals surface area contributed by atoms with Gasteiger partial charge in [0.15, 0.2) is 5.82 Å². The van der Waals surface area contributed by atoms with Crippen LogP contribution in [-0.2, 0) is 6.54 Å². The summed E-state index contributed by atoms with van der Waals surface area (Å²) < 4.78 is 13.8. The molecule has 0 atom stereocenters. The van der Waals surface area contributed by atoms with Gasteiger partial charge in [0.25, 0.3) is 0 Å². The monoisotopic (exact) mass is 289 g/mol. The van der Waals surface area contributed by atoms with Crippen LogP contribution in [0.5, 0.6) is 0 Å². The second kappa shape index (κ2) is 4.90. The molecule has 0 bridgehead atoms. The summed E-state index contributed by atoms with van der Waals surface area (Å²) in [5, 5.41) is 4.33. The first-order chi connectivity index (χ1) is 9.81. The SMILES string of the molecule is Fc1cnccc1-c1nc(C2CC2)c(CNC2CC2)s1. The average Bonchev–Trinajstić information content (AvgIpc) is 3.36. The van der Waals surface area contributed by atoms with Gasteiger partial charge >= 0.3 is 0 Å². The lowest BCUT2D eigenvalue weighted by atomic mass is 10.2. The molecule has 3 nitrogen and oxygen atoms in total. The lowest BCUT2D eigenvalue weighted by Crippen LogP contribution is -2.15. The number of hydrogen-bond donors (Lipinski definition) is 1. The molecule has 0 amide bonds. The van der Waals surface area contributed by atoms with E-state index in [1.807, 2.05) is 0 Å². The van der Waals surface area contributed by atoms with E-state index in [1.54, 1.807) is 23.6 Å². The van der Waals surface area contributed by atoms with Gasteiger partial charge in [-0.25, -0.2) is 9.37 Å². The maximum Gasteiger partial charge on any atom is 0.151 e. The smallest absolute Gasteiger partial charge is 0.151 e. The van der Waals surface area contributed by atoms with Crippen molar-refractivity contribution in [3.63, 3.8) is 0 Å². The Morgan fingerprint density at radius 1 is 1.30 bits per heavy atom. The van der Waals surface area contributed by atoms with E-state index in [1.165, 1.54) is 42.5 Å². The minimum Gasteiger partial charge on any atom is -0.309 e. The highest BCUT2D eigenvalue weighted by Gasteiger charge is 2.31. The summed E-state index contributed by atoms with van der Waals surface area (Å²) in [6, 6.07) is 2.40. The van der Waals surface area contributed by atoms with Gasteiger partial charge in [-0.05, 0) is 31.7 Å². The van der Waals surface area contributed by atoms with Crippen LogP contribution < -0.4 is 5.32 Å². The molecular formula is C15H16FN3S. The van der Waals surface area contributed by atoms with Crippen molar-refractivity contribution in [2.75, 3.05) is 0 Å². The first kappa shape index (κ1) is 12.4. The summed E-state index contributed by atoms with van der Waals surface area (Å²) in [7, 11) is 0. The molecule has 2 saturated carbocycles. The number of rotatable bonds is 5. The molecule has 0 radical (unpaired) electrons. The molecule has 2 aliphatic rings. The van der Waals surface area contributed by atoms with Crippen molar-refractivity contribution in [3.8, 4) is 10.6 Å². The molecule has 104 valence electrons. The summed E-state index contributed by atoms with van der Waals surface area (Å²) in [5.41, 5.74) is 1.76. The Kier molecular flexibility index (Phi) is 3.04. The highest BCUT2D eigenvalue weighted by atomic mass is 32.1. The molecule has 2 aliphatic carbocycles. The van der Waals surface area contributed by atoms with Crippen LogP contribution in [0.1, 0.15) is 42.2 Å². The number of aromatic nitrogens is 2. The maximum absolute atomic E-state index is 13.8. The molecule has 2 heterocycles. The Bertz CT molecular complexity index is 632. The average molecular weight is 289 g/mol. The van der Waals surface area contributed by atoms with Gasteiger partial charge in [0.2, 0.25) is 0 Å². The Hall–Kier alpha value is -1.33. The van der Waals surface area contributed by atoms with Crippen LogP contribution in [0.25, 0.3) is 10.6 Å². The number of hydrogen-bond acceptors (Lipinski definition) is 4. The topological polar surface area (TPSA) is 37.8 Å². The number of nitrogens with one attached hydrogen (secondary N) is 1. The molecular weight excluding hydrogens is 273 g/mol. The molecule has 20 heavy (non-hydrogen) atoms. The van der Waals surface area contributed by atoms with Gasteiger partial charge in [-0.3, -0.25) is 4.98 Å². The number of halogens is 1. The molecule has 0 saturated heterocycles. The van der Waals surface area contributed by atoms with Crippen LogP contribution in [0.2, 0.25) is 0 Å². The first-order valence-electron chi connectivity index (χ1n) is 7.14. The van der Waals surface area contributed by atoms with E-state index in [0.717, 1.165) is 11.6 Å². The van der Waals surface area contributed by atoms with Crippen molar-refractivity contribution in [2.24, 2.45) is 0 Å². The van der Waals surface area contributed by atoms with Crippen molar-refractivity contribution in [1.82, 2.24) is 15.3 Å². The Labute approximate surface area is 121 Å². The van der Waals surface area contributed by atoms with Gasteiger partial charge in [-0.15, -0.1) is 11.3 Å². The summed E-state index contributed by atoms with van der Waals surface area (Å²) in [6.07, 6.45) is 7.89. The zero-order valence-corrected chi connectivity index (χ0v) is 11.9. The van der Waals surface area contributed by atoms with Crippen LogP contribution in [0.4, 0.5) is 4.39 Å². The number of pyridine rings is 1. The molecule has 0 aromatic carbocycles. The number of thiazole rings is 1. The third-order valence-electron chi connectivity index (χ3n) is 3.82. The zero-order valence-electron chi connectivity index (χ0n) is 11.1. The summed E-state index contributed by atoms with van der Waals surface area (Å²) >= 11 is 1.62. The van der Waals surface area contributed by atoms with Crippen molar-refractivity contribution < 1.29 is 4.39 Å². The fourth-order valence-electron chi connectivity index (χ4n) is 2.35. The predicted octanol–water partition coefficient (Wildman–Crippen LogP) is 3.47. The van der Waals surface area contributed by atoms with Crippen LogP contribution in [0.3, 0.4) is 0 Å². The van der Waals surface area contributed by atoms with Crippen LogP contribution >= 0.6 is 11.3 Å². The van der Waals surface area contributed by atoms with Crippen LogP contribution in [0.15, 0.2) is 18.5 Å². The summed E-state index contributed by atoms with van der Waals surface area (Å²) in [5.74, 6) is 0.311. The third kappa shape index (κ3) is 2.47. The minimum atomic E-state index is -0.287. The normalized spacial score (nSPS) is 18.4. The van der Waals surface area contributed by atoms with E-state index in [9.17, 15) is 4.39 Å². The van der Waals surface area contributed by atoms with Crippen molar-refractivity contribution in [3.05, 3.63) is 34.8 Å². The zero-order chi connectivity index (χ0) is 13.5. The van der Waals surface area contributed by atoms with Gasteiger partial charge in [-0.1, -0.05) is 0 Å². The van der Waals surface area contributed by atoms with E-state index in [4.69, 9.17) is 4.98 Å². The second-order valence-corrected chi connectivity index (χ2v) is 6.70. The summed E-state index contributed by atoms with van der Waals surface area (Å²) in [6.45, 7) is 0.876. The highest BCUT2D eigenvalue weighted by Crippen LogP contribution is 2.44. The molecule has 2 aromatic heterocycles. The van der Waals surface area contributed by atoms with Crippen LogP contribution in [-0.4, -0.2) is 16.0 Å². The highest BCUT2D eigenvalue weighted by molar-refractivity contribution is 7.15. The molecule has 1 N–H and O–H groups in total. The molecule has 2 aromatic rings. The van der Waals surface area contributed by atoms with Crippen molar-refractivity contribution in [2.45, 2.75) is 44.2 Å². The molecule has 0 spiro atoms. The quantitative estimate of drug-likeness (QED) is 0.916. The van der Waals surface area contributed by atoms with E-state index in [2.05, 4.69) is 10.3 Å². The summed E-state index contributed by atoms with van der Waals surface area (Å²) in [4.78, 5) is 9.80. The molecule has 5 heteroatoms. The van der Waals surface area contributed by atoms with E-state index in [0.29, 0.717) is 17.5 Å². The van der Waals surface area contributed by atoms with E-state index < -0.39 is 0 Å². The van der Waals surface area contributed by atoms with Gasteiger partial charge < -0.3 is 5.32 Å². The predicted molar refractivity (Wildman–Crippen MR) is 77.1 cm³/mol. The molecule has 2 fully saturated rings. The lowest BCUT2D eigenvalue weighted by Gasteiger charge is -2.01. The van der Waals surface area contributed by atoms with Gasteiger partial charge in [0.1, 0.15) is 5.01 Å². The second-order valence-electron chi connectivity index (χ2n) is 5.61. The largest absolute Gasteiger partial charge is 0.309 e. The first-order valence-corrected chi connectivity index (χ1v) is 7.96. The Morgan fingerprint density at radius 2 is 2.15 bits per heavy atom. The Balaban J connectivity index is 1.66. The molecule has 4 rings (SSSR count). The fraction of sp³-hybridized carbons (Fsp3) is 0.467. The number of nitrogens with zero attached hydrogens (tertiary/aromatic N) is 2. The van der Waals surface area contributed by atoms with E-state index >= 15 is 0 Å². The minimum absolute atomic E-state index is 0.287. The third-order valence-corrected chi connectivity index (χ3v) is 4.93. The maximum atomic E-state index is 13.8. The van der Waals surface area contributed by atoms with Gasteiger partial charge in [0, 0.05) is 35.1 Å². The van der Waals surface area contributed by atoms with Crippen LogP contribution in [0, 0.1) is 5.82 Å².